The van der Waals surface area contributed by atoms with Gasteiger partial charge in [-0.25, -0.2) is 0 Å². The lowest BCUT2D eigenvalue weighted by atomic mass is 10.1. The fourth-order valence-electron chi connectivity index (χ4n) is 2.87. The van der Waals surface area contributed by atoms with E-state index in [9.17, 15) is 4.79 Å². The Kier molecular flexibility index (Phi) is 6.15. The first kappa shape index (κ1) is 18.6. The molecule has 0 aromatic heterocycles. The molecular weight excluding hydrogens is 342 g/mol. The molecule has 0 aliphatic rings. The highest BCUT2D eigenvalue weighted by Gasteiger charge is 2.10. The zero-order valence-electron chi connectivity index (χ0n) is 15.5. The second-order valence-electron chi connectivity index (χ2n) is 6.06. The first-order chi connectivity index (χ1) is 13.2. The molecule has 0 heterocycles. The molecule has 1 N–H and O–H groups in total. The molecule has 0 saturated carbocycles. The minimum atomic E-state index is -0.0938. The first-order valence-electron chi connectivity index (χ1n) is 8.79. The van der Waals surface area contributed by atoms with Crippen LogP contribution >= 0.6 is 0 Å². The number of rotatable bonds is 8. The van der Waals surface area contributed by atoms with Crippen molar-refractivity contribution in [3.05, 3.63) is 66.2 Å². The summed E-state index contributed by atoms with van der Waals surface area (Å²) in [5.41, 5.74) is 0.782. The van der Waals surface area contributed by atoms with Gasteiger partial charge in [0.05, 0.1) is 27.2 Å². The lowest BCUT2D eigenvalue weighted by molar-refractivity contribution is -0.120. The third kappa shape index (κ3) is 4.91. The van der Waals surface area contributed by atoms with E-state index in [4.69, 9.17) is 14.2 Å². The topological polar surface area (TPSA) is 56.8 Å². The number of nitrogens with one attached hydrogen (secondary N) is 1. The van der Waals surface area contributed by atoms with E-state index in [-0.39, 0.29) is 12.3 Å². The van der Waals surface area contributed by atoms with Crippen molar-refractivity contribution in [3.8, 4) is 17.2 Å². The fourth-order valence-corrected chi connectivity index (χ4v) is 2.87. The molecular formula is C22H23NO4. The van der Waals surface area contributed by atoms with E-state index in [2.05, 4.69) is 11.4 Å². The minimum absolute atomic E-state index is 0.0938. The van der Waals surface area contributed by atoms with Crippen LogP contribution in [0.15, 0.2) is 60.7 Å². The van der Waals surface area contributed by atoms with Crippen LogP contribution in [0.25, 0.3) is 10.8 Å². The van der Waals surface area contributed by atoms with Crippen molar-refractivity contribution >= 4 is 16.7 Å². The van der Waals surface area contributed by atoms with E-state index in [1.807, 2.05) is 42.5 Å². The molecule has 1 amide bonds. The molecule has 0 fully saturated rings. The summed E-state index contributed by atoms with van der Waals surface area (Å²) in [6.45, 7) is 0.831. The van der Waals surface area contributed by atoms with Gasteiger partial charge >= 0.3 is 0 Å². The molecule has 3 aromatic rings. The van der Waals surface area contributed by atoms with Crippen molar-refractivity contribution in [2.75, 3.05) is 27.4 Å². The van der Waals surface area contributed by atoms with Crippen molar-refractivity contribution in [2.24, 2.45) is 0 Å². The largest absolute Gasteiger partial charge is 0.497 e. The molecule has 0 spiro atoms. The Hall–Kier alpha value is -3.21. The van der Waals surface area contributed by atoms with Gasteiger partial charge in [0.1, 0.15) is 23.9 Å². The number of hydrogen-bond acceptors (Lipinski definition) is 4. The van der Waals surface area contributed by atoms with Crippen LogP contribution in [0, 0.1) is 0 Å². The first-order valence-corrected chi connectivity index (χ1v) is 8.79. The number of methoxy groups -OCH3 is 2. The van der Waals surface area contributed by atoms with Gasteiger partial charge in [-0.3, -0.25) is 4.79 Å². The predicted octanol–water partition coefficient (Wildman–Crippen LogP) is 3.59. The lowest BCUT2D eigenvalue weighted by Gasteiger charge is -2.11. The SMILES string of the molecule is COc1ccc(OC)c(CC(=O)NCCOc2ccc3ccccc3c2)c1. The van der Waals surface area contributed by atoms with Crippen molar-refractivity contribution in [1.82, 2.24) is 5.32 Å². The summed E-state index contributed by atoms with van der Waals surface area (Å²) in [5.74, 6) is 2.05. The summed E-state index contributed by atoms with van der Waals surface area (Å²) in [4.78, 5) is 12.2. The number of carbonyl (C=O) groups is 1. The van der Waals surface area contributed by atoms with Gasteiger partial charge in [-0.05, 0) is 41.1 Å². The second kappa shape index (κ2) is 8.94. The maximum atomic E-state index is 12.2. The van der Waals surface area contributed by atoms with Crippen LogP contribution in [-0.2, 0) is 11.2 Å². The molecule has 140 valence electrons. The summed E-state index contributed by atoms with van der Waals surface area (Å²) < 4.78 is 16.2. The van der Waals surface area contributed by atoms with E-state index in [0.29, 0.717) is 24.7 Å². The highest BCUT2D eigenvalue weighted by Crippen LogP contribution is 2.24. The van der Waals surface area contributed by atoms with Crippen molar-refractivity contribution in [3.63, 3.8) is 0 Å². The number of fused-ring (bicyclic) bond motifs is 1. The van der Waals surface area contributed by atoms with Gasteiger partial charge < -0.3 is 19.5 Å². The molecule has 5 heteroatoms. The summed E-state index contributed by atoms with van der Waals surface area (Å²) in [7, 11) is 3.18. The molecule has 5 nitrogen and oxygen atoms in total. The van der Waals surface area contributed by atoms with Gasteiger partial charge in [0.2, 0.25) is 5.91 Å². The highest BCUT2D eigenvalue weighted by atomic mass is 16.5. The van der Waals surface area contributed by atoms with Crippen LogP contribution < -0.4 is 19.5 Å². The zero-order valence-corrected chi connectivity index (χ0v) is 15.5. The highest BCUT2D eigenvalue weighted by molar-refractivity contribution is 5.83. The molecule has 27 heavy (non-hydrogen) atoms. The van der Waals surface area contributed by atoms with Gasteiger partial charge in [-0.1, -0.05) is 30.3 Å². The minimum Gasteiger partial charge on any atom is -0.497 e. The van der Waals surface area contributed by atoms with Gasteiger partial charge in [0.25, 0.3) is 0 Å². The maximum absolute atomic E-state index is 12.2. The average Bonchev–Trinajstić information content (AvgIpc) is 2.71. The molecule has 0 radical (unpaired) electrons. The van der Waals surface area contributed by atoms with Crippen LogP contribution in [0.3, 0.4) is 0 Å². The van der Waals surface area contributed by atoms with Gasteiger partial charge in [-0.2, -0.15) is 0 Å². The predicted molar refractivity (Wildman–Crippen MR) is 106 cm³/mol. The zero-order chi connectivity index (χ0) is 19.1. The summed E-state index contributed by atoms with van der Waals surface area (Å²) in [6.07, 6.45) is 0.219. The summed E-state index contributed by atoms with van der Waals surface area (Å²) >= 11 is 0. The van der Waals surface area contributed by atoms with Gasteiger partial charge in [0.15, 0.2) is 0 Å². The van der Waals surface area contributed by atoms with Crippen LogP contribution in [0.5, 0.6) is 17.2 Å². The number of amides is 1. The standard InChI is InChI=1S/C22H23NO4/c1-25-19-9-10-21(26-2)18(14-19)15-22(24)23-11-12-27-20-8-7-16-5-3-4-6-17(16)13-20/h3-10,13-14H,11-12,15H2,1-2H3,(H,23,24). The van der Waals surface area contributed by atoms with Crippen molar-refractivity contribution in [2.45, 2.75) is 6.42 Å². The van der Waals surface area contributed by atoms with E-state index >= 15 is 0 Å². The molecule has 3 aromatic carbocycles. The Balaban J connectivity index is 1.49. The summed E-state index contributed by atoms with van der Waals surface area (Å²) in [5, 5.41) is 5.17. The van der Waals surface area contributed by atoms with Crippen LogP contribution in [-0.4, -0.2) is 33.3 Å². The monoisotopic (exact) mass is 365 g/mol. The third-order valence-corrected chi connectivity index (χ3v) is 4.25. The molecule has 0 bridgehead atoms. The molecule has 0 aliphatic carbocycles. The van der Waals surface area contributed by atoms with Crippen molar-refractivity contribution in [1.29, 1.82) is 0 Å². The molecule has 3 rings (SSSR count). The Morgan fingerprint density at radius 2 is 1.67 bits per heavy atom. The Labute approximate surface area is 158 Å². The van der Waals surface area contributed by atoms with Gasteiger partial charge in [0, 0.05) is 5.56 Å². The smallest absolute Gasteiger partial charge is 0.224 e. The Morgan fingerprint density at radius 3 is 2.44 bits per heavy atom. The molecule has 0 unspecified atom stereocenters. The molecule has 0 atom stereocenters. The average molecular weight is 365 g/mol. The van der Waals surface area contributed by atoms with E-state index < -0.39 is 0 Å². The number of benzene rings is 3. The Bertz CT molecular complexity index is 923. The number of hydrogen-bond donors (Lipinski definition) is 1. The second-order valence-corrected chi connectivity index (χ2v) is 6.06. The number of carbonyl (C=O) groups excluding carboxylic acids is 1. The van der Waals surface area contributed by atoms with Crippen LogP contribution in [0.4, 0.5) is 0 Å². The van der Waals surface area contributed by atoms with Crippen molar-refractivity contribution < 1.29 is 19.0 Å². The Morgan fingerprint density at radius 1 is 0.889 bits per heavy atom. The van der Waals surface area contributed by atoms with Gasteiger partial charge in [-0.15, -0.1) is 0 Å². The maximum Gasteiger partial charge on any atom is 0.224 e. The lowest BCUT2D eigenvalue weighted by Crippen LogP contribution is -2.29. The number of ether oxygens (including phenoxy) is 3. The molecule has 0 saturated heterocycles. The van der Waals surface area contributed by atoms with Crippen LogP contribution in [0.1, 0.15) is 5.56 Å². The third-order valence-electron chi connectivity index (χ3n) is 4.25. The fraction of sp³-hybridized carbons (Fsp3) is 0.227. The molecule has 0 aliphatic heterocycles. The van der Waals surface area contributed by atoms with Crippen LogP contribution in [0.2, 0.25) is 0 Å². The quantitative estimate of drug-likeness (QED) is 0.620. The normalized spacial score (nSPS) is 10.4. The summed E-state index contributed by atoms with van der Waals surface area (Å²) in [6, 6.07) is 19.5. The van der Waals surface area contributed by atoms with E-state index in [1.54, 1.807) is 26.4 Å². The van der Waals surface area contributed by atoms with E-state index in [1.165, 1.54) is 5.39 Å². The van der Waals surface area contributed by atoms with E-state index in [0.717, 1.165) is 16.7 Å².